The summed E-state index contributed by atoms with van der Waals surface area (Å²) in [6.45, 7) is -0.225. The number of fused-ring (bicyclic) bond motifs is 3. The summed E-state index contributed by atoms with van der Waals surface area (Å²) in [5.74, 6) is -1.78. The van der Waals surface area contributed by atoms with Crippen LogP contribution in [0, 0.1) is 5.92 Å². The lowest BCUT2D eigenvalue weighted by molar-refractivity contribution is -0.122. The molecule has 3 heterocycles. The Morgan fingerprint density at radius 1 is 0.930 bits per heavy atom. The fraction of sp³-hybridized carbons (Fsp3) is 0.125. The summed E-state index contributed by atoms with van der Waals surface area (Å²) in [6.07, 6.45) is 0. The molecule has 11 heteroatoms. The Kier molecular flexibility index (Phi) is 7.16. The molecule has 0 radical (unpaired) electrons. The molecule has 2 aliphatic rings. The zero-order chi connectivity index (χ0) is 29.7. The van der Waals surface area contributed by atoms with Crippen LogP contribution in [0.3, 0.4) is 0 Å². The van der Waals surface area contributed by atoms with Crippen LogP contribution < -0.4 is 19.8 Å². The molecule has 0 bridgehead atoms. The second-order valence-electron chi connectivity index (χ2n) is 10.2. The molecule has 3 atom stereocenters. The van der Waals surface area contributed by atoms with Gasteiger partial charge in [0.15, 0.2) is 6.61 Å². The van der Waals surface area contributed by atoms with Gasteiger partial charge in [0, 0.05) is 26.3 Å². The van der Waals surface area contributed by atoms with Crippen LogP contribution in [0.15, 0.2) is 105 Å². The molecule has 4 aromatic carbocycles. The number of aromatic amines is 1. The molecule has 1 aromatic heterocycles. The topological polar surface area (TPSA) is 109 Å². The van der Waals surface area contributed by atoms with Crippen LogP contribution in [0.4, 0.5) is 11.4 Å². The average Bonchev–Trinajstić information content (AvgIpc) is 3.51. The molecule has 43 heavy (non-hydrogen) atoms. The number of ether oxygens (including phenoxy) is 1. The number of hydrogen-bond acceptors (Lipinski definition) is 7. The number of rotatable bonds is 6. The summed E-state index contributed by atoms with van der Waals surface area (Å²) in [4.78, 5) is 57.3. The van der Waals surface area contributed by atoms with Crippen molar-refractivity contribution in [1.29, 1.82) is 0 Å². The van der Waals surface area contributed by atoms with Gasteiger partial charge in [-0.15, -0.1) is 0 Å². The summed E-state index contributed by atoms with van der Waals surface area (Å²) in [6, 6.07) is 27.7. The molecule has 0 aliphatic carbocycles. The fourth-order valence-corrected chi connectivity index (χ4v) is 8.47. The smallest absolute Gasteiger partial charge is 0.305 e. The maximum Gasteiger partial charge on any atom is 0.305 e. The number of nitrogens with one attached hydrogen (secondary N) is 2. The number of anilines is 2. The normalized spacial score (nSPS) is 19.3. The van der Waals surface area contributed by atoms with E-state index in [1.165, 1.54) is 16.7 Å². The summed E-state index contributed by atoms with van der Waals surface area (Å²) < 4.78 is 6.72. The standard InChI is InChI=1S/C32H22BrN3O5S2/c33-19-11-13-20(14-12-19)36-30(38)26-25(27-29(35-32(40)43-27)42-28(26)31(36)39)18-7-3-8-21(15-18)41-16-24(37)34-23-10-4-6-17-5-1-2-9-22(17)23/h1-15,25-26,28H,16H2,(H,34,37)(H,35,40). The average molecular weight is 673 g/mol. The van der Waals surface area contributed by atoms with Crippen LogP contribution in [0.25, 0.3) is 10.8 Å². The lowest BCUT2D eigenvalue weighted by Gasteiger charge is -2.30. The minimum Gasteiger partial charge on any atom is -0.484 e. The van der Waals surface area contributed by atoms with Crippen LogP contribution in [-0.2, 0) is 14.4 Å². The molecular weight excluding hydrogens is 650 g/mol. The van der Waals surface area contributed by atoms with Crippen LogP contribution >= 0.6 is 39.0 Å². The third-order valence-corrected chi connectivity index (χ3v) is 10.5. The first-order valence-corrected chi connectivity index (χ1v) is 15.9. The van der Waals surface area contributed by atoms with E-state index in [1.807, 2.05) is 48.5 Å². The minimum atomic E-state index is -0.718. The van der Waals surface area contributed by atoms with Crippen LogP contribution in [0.2, 0.25) is 0 Å². The monoisotopic (exact) mass is 671 g/mol. The number of halogens is 1. The Balaban J connectivity index is 1.16. The van der Waals surface area contributed by atoms with Crippen molar-refractivity contribution in [3.8, 4) is 5.75 Å². The van der Waals surface area contributed by atoms with Crippen molar-refractivity contribution in [3.63, 3.8) is 0 Å². The first-order valence-electron chi connectivity index (χ1n) is 13.4. The lowest BCUT2D eigenvalue weighted by Crippen LogP contribution is -2.32. The molecule has 214 valence electrons. The molecule has 8 nitrogen and oxygen atoms in total. The number of imide groups is 1. The number of amides is 3. The van der Waals surface area contributed by atoms with E-state index in [2.05, 4.69) is 26.2 Å². The highest BCUT2D eigenvalue weighted by molar-refractivity contribution is 9.10. The van der Waals surface area contributed by atoms with E-state index in [4.69, 9.17) is 4.74 Å². The Morgan fingerprint density at radius 3 is 2.53 bits per heavy atom. The van der Waals surface area contributed by atoms with E-state index in [-0.39, 0.29) is 29.2 Å². The molecule has 3 unspecified atom stereocenters. The number of H-pyrrole nitrogens is 1. The number of thiazole rings is 1. The van der Waals surface area contributed by atoms with Crippen LogP contribution in [-0.4, -0.2) is 34.6 Å². The maximum absolute atomic E-state index is 13.9. The Hall–Kier alpha value is -4.19. The van der Waals surface area contributed by atoms with Gasteiger partial charge in [0.1, 0.15) is 11.0 Å². The summed E-state index contributed by atoms with van der Waals surface area (Å²) in [5, 5.41) is 4.76. The molecule has 3 amide bonds. The van der Waals surface area contributed by atoms with Crippen LogP contribution in [0.5, 0.6) is 5.75 Å². The van der Waals surface area contributed by atoms with Gasteiger partial charge >= 0.3 is 4.87 Å². The van der Waals surface area contributed by atoms with Crippen molar-refractivity contribution in [3.05, 3.63) is 116 Å². The highest BCUT2D eigenvalue weighted by Gasteiger charge is 2.56. The first kappa shape index (κ1) is 27.6. The van der Waals surface area contributed by atoms with Gasteiger partial charge in [-0.2, -0.15) is 0 Å². The minimum absolute atomic E-state index is 0.225. The van der Waals surface area contributed by atoms with Gasteiger partial charge < -0.3 is 15.0 Å². The molecule has 1 saturated heterocycles. The Labute approximate surface area is 262 Å². The van der Waals surface area contributed by atoms with Gasteiger partial charge in [-0.3, -0.25) is 19.2 Å². The number of thioether (sulfide) groups is 1. The zero-order valence-electron chi connectivity index (χ0n) is 22.3. The Bertz CT molecular complexity index is 1970. The van der Waals surface area contributed by atoms with Gasteiger partial charge in [-0.05, 0) is 53.4 Å². The van der Waals surface area contributed by atoms with Crippen molar-refractivity contribution in [2.75, 3.05) is 16.8 Å². The van der Waals surface area contributed by atoms with Crippen molar-refractivity contribution in [1.82, 2.24) is 4.98 Å². The van der Waals surface area contributed by atoms with E-state index >= 15 is 0 Å². The summed E-state index contributed by atoms with van der Waals surface area (Å²) >= 11 is 5.67. The van der Waals surface area contributed by atoms with Gasteiger partial charge in [-0.25, -0.2) is 4.90 Å². The van der Waals surface area contributed by atoms with E-state index < -0.39 is 17.1 Å². The number of carbonyl (C=O) groups excluding carboxylic acids is 3. The van der Waals surface area contributed by atoms with Crippen molar-refractivity contribution in [2.24, 2.45) is 5.92 Å². The van der Waals surface area contributed by atoms with Gasteiger partial charge in [0.05, 0.1) is 16.6 Å². The van der Waals surface area contributed by atoms with E-state index in [0.717, 1.165) is 32.1 Å². The molecule has 7 rings (SSSR count). The highest BCUT2D eigenvalue weighted by Crippen LogP contribution is 2.53. The predicted molar refractivity (Wildman–Crippen MR) is 171 cm³/mol. The van der Waals surface area contributed by atoms with E-state index in [1.54, 1.807) is 42.5 Å². The number of benzene rings is 4. The SMILES string of the molecule is O=C(COc1cccc(C2c3sc(=O)[nH]c3SC3C(=O)N(c4ccc(Br)cc4)C(=O)C32)c1)Nc1cccc2ccccc12. The molecule has 0 spiro atoms. The van der Waals surface area contributed by atoms with Crippen molar-refractivity contribution in [2.45, 2.75) is 16.2 Å². The first-order chi connectivity index (χ1) is 20.9. The highest BCUT2D eigenvalue weighted by atomic mass is 79.9. The molecule has 2 N–H and O–H groups in total. The third kappa shape index (κ3) is 5.07. The molecule has 1 fully saturated rings. The zero-order valence-corrected chi connectivity index (χ0v) is 25.5. The second kappa shape index (κ2) is 11.1. The maximum atomic E-state index is 13.9. The van der Waals surface area contributed by atoms with Gasteiger partial charge in [0.2, 0.25) is 11.8 Å². The second-order valence-corrected chi connectivity index (χ2v) is 13.3. The number of nitrogens with zero attached hydrogens (tertiary/aromatic N) is 1. The number of hydrogen-bond donors (Lipinski definition) is 2. The molecular formula is C32H22BrN3O5S2. The van der Waals surface area contributed by atoms with E-state index in [0.29, 0.717) is 27.0 Å². The van der Waals surface area contributed by atoms with Crippen molar-refractivity contribution < 1.29 is 19.1 Å². The summed E-state index contributed by atoms with van der Waals surface area (Å²) in [5.41, 5.74) is 1.91. The van der Waals surface area contributed by atoms with Crippen LogP contribution in [0.1, 0.15) is 16.4 Å². The molecule has 2 aliphatic heterocycles. The number of aromatic nitrogens is 1. The quantitative estimate of drug-likeness (QED) is 0.209. The fourth-order valence-electron chi connectivity index (χ4n) is 5.69. The van der Waals surface area contributed by atoms with Gasteiger partial charge in [0.25, 0.3) is 5.91 Å². The summed E-state index contributed by atoms with van der Waals surface area (Å²) in [7, 11) is 0. The third-order valence-electron chi connectivity index (χ3n) is 7.56. The Morgan fingerprint density at radius 2 is 1.70 bits per heavy atom. The largest absolute Gasteiger partial charge is 0.484 e. The van der Waals surface area contributed by atoms with Gasteiger partial charge in [-0.1, -0.05) is 87.6 Å². The lowest BCUT2D eigenvalue weighted by atomic mass is 9.83. The van der Waals surface area contributed by atoms with E-state index in [9.17, 15) is 19.2 Å². The van der Waals surface area contributed by atoms with Crippen molar-refractivity contribution >= 4 is 78.9 Å². The molecule has 5 aromatic rings. The predicted octanol–water partition coefficient (Wildman–Crippen LogP) is 6.17. The molecule has 0 saturated carbocycles. The number of carbonyl (C=O) groups is 3.